The first-order valence-corrected chi connectivity index (χ1v) is 5.67. The minimum absolute atomic E-state index is 0.173. The first-order valence-electron chi connectivity index (χ1n) is 5.67. The summed E-state index contributed by atoms with van der Waals surface area (Å²) in [5.41, 5.74) is 0.0834. The summed E-state index contributed by atoms with van der Waals surface area (Å²) < 4.78 is 13.2. The molecule has 0 heterocycles. The summed E-state index contributed by atoms with van der Waals surface area (Å²) in [4.78, 5) is 12.1. The second-order valence-corrected chi connectivity index (χ2v) is 4.30. The molecule has 0 spiro atoms. The highest BCUT2D eigenvalue weighted by Crippen LogP contribution is 2.34. The first kappa shape index (κ1) is 11.3. The second-order valence-electron chi connectivity index (χ2n) is 4.30. The number of carbonyl (C=O) groups excluding carboxylic acids is 1. The van der Waals surface area contributed by atoms with Crippen LogP contribution < -0.4 is 5.32 Å². The molecule has 1 fully saturated rings. The van der Waals surface area contributed by atoms with Crippen LogP contribution in [0.3, 0.4) is 0 Å². The molecule has 0 radical (unpaired) electrons. The highest BCUT2D eigenvalue weighted by atomic mass is 19.1. The van der Waals surface area contributed by atoms with Gasteiger partial charge in [0.05, 0.1) is 0 Å². The SMILES string of the molecule is CN[C@]1(c2cccc(F)c2)CCCCC1=O. The lowest BCUT2D eigenvalue weighted by Crippen LogP contribution is -2.49. The summed E-state index contributed by atoms with van der Waals surface area (Å²) in [6.45, 7) is 0. The number of hydrogen-bond donors (Lipinski definition) is 1. The summed E-state index contributed by atoms with van der Waals surface area (Å²) >= 11 is 0. The molecule has 0 bridgehead atoms. The summed E-state index contributed by atoms with van der Waals surface area (Å²) in [5.74, 6) is -0.114. The third-order valence-electron chi connectivity index (χ3n) is 3.43. The van der Waals surface area contributed by atoms with Crippen molar-refractivity contribution >= 4 is 5.78 Å². The van der Waals surface area contributed by atoms with Gasteiger partial charge in [0.2, 0.25) is 0 Å². The molecule has 86 valence electrons. The Morgan fingerprint density at radius 1 is 1.38 bits per heavy atom. The number of Topliss-reactive ketones (excluding diaryl/α,β-unsaturated/α-hetero) is 1. The van der Waals surface area contributed by atoms with Crippen LogP contribution in [0.2, 0.25) is 0 Å². The van der Waals surface area contributed by atoms with E-state index in [1.54, 1.807) is 13.1 Å². The lowest BCUT2D eigenvalue weighted by Gasteiger charge is -2.36. The van der Waals surface area contributed by atoms with Crippen LogP contribution in [-0.2, 0) is 10.3 Å². The second kappa shape index (κ2) is 4.34. The van der Waals surface area contributed by atoms with Gasteiger partial charge in [-0.2, -0.15) is 0 Å². The maximum atomic E-state index is 13.2. The van der Waals surface area contributed by atoms with Crippen molar-refractivity contribution in [2.75, 3.05) is 7.05 Å². The van der Waals surface area contributed by atoms with Gasteiger partial charge in [0.1, 0.15) is 11.4 Å². The van der Waals surface area contributed by atoms with Crippen molar-refractivity contribution in [1.29, 1.82) is 0 Å². The molecule has 0 aliphatic heterocycles. The van der Waals surface area contributed by atoms with Crippen molar-refractivity contribution in [3.05, 3.63) is 35.6 Å². The third-order valence-corrected chi connectivity index (χ3v) is 3.43. The number of hydrogen-bond acceptors (Lipinski definition) is 2. The fourth-order valence-corrected chi connectivity index (χ4v) is 2.50. The van der Waals surface area contributed by atoms with E-state index in [9.17, 15) is 9.18 Å². The molecule has 16 heavy (non-hydrogen) atoms. The maximum absolute atomic E-state index is 13.2. The van der Waals surface area contributed by atoms with Gasteiger partial charge < -0.3 is 5.32 Å². The van der Waals surface area contributed by atoms with Gasteiger partial charge in [-0.1, -0.05) is 18.6 Å². The Morgan fingerprint density at radius 3 is 2.81 bits per heavy atom. The van der Waals surface area contributed by atoms with Crippen LogP contribution in [0.15, 0.2) is 24.3 Å². The van der Waals surface area contributed by atoms with Crippen molar-refractivity contribution in [3.8, 4) is 0 Å². The van der Waals surface area contributed by atoms with Gasteiger partial charge in [-0.3, -0.25) is 4.79 Å². The van der Waals surface area contributed by atoms with Gasteiger partial charge in [-0.25, -0.2) is 4.39 Å². The first-order chi connectivity index (χ1) is 7.69. The predicted molar refractivity (Wildman–Crippen MR) is 60.6 cm³/mol. The van der Waals surface area contributed by atoms with Gasteiger partial charge >= 0.3 is 0 Å². The van der Waals surface area contributed by atoms with Crippen molar-refractivity contribution < 1.29 is 9.18 Å². The van der Waals surface area contributed by atoms with E-state index in [1.165, 1.54) is 12.1 Å². The average molecular weight is 221 g/mol. The Bertz CT molecular complexity index is 405. The highest BCUT2D eigenvalue weighted by Gasteiger charge is 2.39. The summed E-state index contributed by atoms with van der Waals surface area (Å²) in [7, 11) is 1.77. The molecule has 2 rings (SSSR count). The van der Waals surface area contributed by atoms with E-state index < -0.39 is 5.54 Å². The number of rotatable bonds is 2. The molecule has 1 N–H and O–H groups in total. The highest BCUT2D eigenvalue weighted by molar-refractivity contribution is 5.90. The molecule has 1 aliphatic carbocycles. The fraction of sp³-hybridized carbons (Fsp3) is 0.462. The molecule has 1 atom stereocenters. The minimum atomic E-state index is -0.666. The van der Waals surface area contributed by atoms with Gasteiger partial charge in [0.25, 0.3) is 0 Å². The van der Waals surface area contributed by atoms with E-state index in [4.69, 9.17) is 0 Å². The van der Waals surface area contributed by atoms with Crippen LogP contribution in [-0.4, -0.2) is 12.8 Å². The van der Waals surface area contributed by atoms with E-state index in [-0.39, 0.29) is 11.6 Å². The Hall–Kier alpha value is -1.22. The molecular weight excluding hydrogens is 205 g/mol. The monoisotopic (exact) mass is 221 g/mol. The van der Waals surface area contributed by atoms with E-state index in [0.29, 0.717) is 6.42 Å². The predicted octanol–water partition coefficient (Wildman–Crippen LogP) is 2.38. The normalized spacial score (nSPS) is 25.8. The van der Waals surface area contributed by atoms with Gasteiger partial charge in [0.15, 0.2) is 5.78 Å². The van der Waals surface area contributed by atoms with Crippen LogP contribution in [0.5, 0.6) is 0 Å². The Balaban J connectivity index is 2.44. The molecule has 1 aromatic carbocycles. The van der Waals surface area contributed by atoms with Gasteiger partial charge in [0, 0.05) is 6.42 Å². The van der Waals surface area contributed by atoms with Crippen LogP contribution in [0.25, 0.3) is 0 Å². The van der Waals surface area contributed by atoms with E-state index in [0.717, 1.165) is 24.8 Å². The largest absolute Gasteiger partial charge is 0.304 e. The fourth-order valence-electron chi connectivity index (χ4n) is 2.50. The molecular formula is C13H16FNO. The topological polar surface area (TPSA) is 29.1 Å². The number of halogens is 1. The molecule has 0 unspecified atom stereocenters. The van der Waals surface area contributed by atoms with Gasteiger partial charge in [-0.15, -0.1) is 0 Å². The van der Waals surface area contributed by atoms with Crippen LogP contribution in [0.4, 0.5) is 4.39 Å². The van der Waals surface area contributed by atoms with Crippen LogP contribution in [0, 0.1) is 5.82 Å². The molecule has 3 heteroatoms. The molecule has 2 nitrogen and oxygen atoms in total. The summed E-state index contributed by atoms with van der Waals surface area (Å²) in [6.07, 6.45) is 3.28. The molecule has 0 aromatic heterocycles. The molecule has 0 amide bonds. The smallest absolute Gasteiger partial charge is 0.157 e. The zero-order valence-corrected chi connectivity index (χ0v) is 9.42. The van der Waals surface area contributed by atoms with Gasteiger partial charge in [-0.05, 0) is 37.6 Å². The van der Waals surface area contributed by atoms with E-state index in [1.807, 2.05) is 6.07 Å². The zero-order chi connectivity index (χ0) is 11.6. The number of carbonyl (C=O) groups is 1. The molecule has 1 aromatic rings. The number of ketones is 1. The Labute approximate surface area is 94.9 Å². The quantitative estimate of drug-likeness (QED) is 0.830. The summed E-state index contributed by atoms with van der Waals surface area (Å²) in [5, 5.41) is 3.09. The van der Waals surface area contributed by atoms with Crippen LogP contribution >= 0.6 is 0 Å². The number of nitrogens with one attached hydrogen (secondary N) is 1. The van der Waals surface area contributed by atoms with E-state index in [2.05, 4.69) is 5.32 Å². The Kier molecular flexibility index (Phi) is 3.06. The lowest BCUT2D eigenvalue weighted by atomic mass is 9.75. The third kappa shape index (κ3) is 1.76. The molecule has 0 saturated heterocycles. The maximum Gasteiger partial charge on any atom is 0.157 e. The summed E-state index contributed by atoms with van der Waals surface area (Å²) in [6, 6.07) is 6.34. The number of likely N-dealkylation sites (N-methyl/N-ethyl adjacent to an activating group) is 1. The van der Waals surface area contributed by atoms with E-state index >= 15 is 0 Å². The van der Waals surface area contributed by atoms with Crippen molar-refractivity contribution in [1.82, 2.24) is 5.32 Å². The lowest BCUT2D eigenvalue weighted by molar-refractivity contribution is -0.127. The van der Waals surface area contributed by atoms with Crippen molar-refractivity contribution in [2.45, 2.75) is 31.2 Å². The minimum Gasteiger partial charge on any atom is -0.304 e. The molecule has 1 aliphatic rings. The van der Waals surface area contributed by atoms with Crippen LogP contribution in [0.1, 0.15) is 31.2 Å². The Morgan fingerprint density at radius 2 is 2.19 bits per heavy atom. The van der Waals surface area contributed by atoms with Crippen molar-refractivity contribution in [2.24, 2.45) is 0 Å². The average Bonchev–Trinajstić information content (AvgIpc) is 2.30. The molecule has 1 saturated carbocycles. The number of benzene rings is 1. The standard InChI is InChI=1S/C13H16FNO/c1-15-13(8-3-2-7-12(13)16)10-5-4-6-11(14)9-10/h4-6,9,15H,2-3,7-8H2,1H3/t13-/m0/s1. The van der Waals surface area contributed by atoms with Crippen molar-refractivity contribution in [3.63, 3.8) is 0 Å². The zero-order valence-electron chi connectivity index (χ0n) is 9.42.